The van der Waals surface area contributed by atoms with Gasteiger partial charge < -0.3 is 4.57 Å². The van der Waals surface area contributed by atoms with Crippen LogP contribution in [-0.2, 0) is 6.54 Å². The first kappa shape index (κ1) is 16.2. The fourth-order valence-electron chi connectivity index (χ4n) is 2.27. The van der Waals surface area contributed by atoms with Gasteiger partial charge in [0.15, 0.2) is 4.80 Å². The maximum atomic E-state index is 14.0. The van der Waals surface area contributed by atoms with Crippen LogP contribution >= 0.6 is 34.5 Å². The lowest BCUT2D eigenvalue weighted by Gasteiger charge is -2.02. The van der Waals surface area contributed by atoms with Gasteiger partial charge in [-0.1, -0.05) is 40.6 Å². The molecular formula is C16H11Cl2FN2OS. The second kappa shape index (κ2) is 6.43. The summed E-state index contributed by atoms with van der Waals surface area (Å²) in [4.78, 5) is 16.9. The minimum Gasteiger partial charge on any atom is -0.314 e. The molecule has 0 atom stereocenters. The van der Waals surface area contributed by atoms with Gasteiger partial charge >= 0.3 is 0 Å². The standard InChI is InChI=1S/C16H11Cl2FN2OS/c1-2-21-14-12(19)4-3-5-13(14)23-16(21)20-15(22)10-8-9(17)6-7-11(10)18/h3-8H,2H2,1H3. The zero-order valence-electron chi connectivity index (χ0n) is 12.0. The Morgan fingerprint density at radius 3 is 2.83 bits per heavy atom. The van der Waals surface area contributed by atoms with Gasteiger partial charge in [-0.05, 0) is 37.3 Å². The van der Waals surface area contributed by atoms with Crippen LogP contribution in [0.2, 0.25) is 10.0 Å². The van der Waals surface area contributed by atoms with Gasteiger partial charge in [0.25, 0.3) is 5.91 Å². The average molecular weight is 369 g/mol. The molecule has 0 saturated heterocycles. The third-order valence-electron chi connectivity index (χ3n) is 3.32. The number of carbonyl (C=O) groups excluding carboxylic acids is 1. The number of thiazole rings is 1. The SMILES string of the molecule is CCn1c(=NC(=O)c2cc(Cl)ccc2Cl)sc2cccc(F)c21. The topological polar surface area (TPSA) is 34.4 Å². The molecule has 0 aliphatic heterocycles. The summed E-state index contributed by atoms with van der Waals surface area (Å²) in [5.74, 6) is -0.845. The summed E-state index contributed by atoms with van der Waals surface area (Å²) in [6, 6.07) is 9.44. The van der Waals surface area contributed by atoms with Crippen LogP contribution in [-0.4, -0.2) is 10.5 Å². The van der Waals surface area contributed by atoms with Gasteiger partial charge in [-0.15, -0.1) is 0 Å². The van der Waals surface area contributed by atoms with E-state index >= 15 is 0 Å². The van der Waals surface area contributed by atoms with Crippen LogP contribution in [0.5, 0.6) is 0 Å². The fourth-order valence-corrected chi connectivity index (χ4v) is 3.75. The van der Waals surface area contributed by atoms with Crippen molar-refractivity contribution in [2.45, 2.75) is 13.5 Å². The molecule has 23 heavy (non-hydrogen) atoms. The van der Waals surface area contributed by atoms with Gasteiger partial charge in [0.05, 0.1) is 20.8 Å². The number of carbonyl (C=O) groups is 1. The molecule has 3 aromatic rings. The number of hydrogen-bond donors (Lipinski definition) is 0. The van der Waals surface area contributed by atoms with Crippen LogP contribution in [0.15, 0.2) is 41.4 Å². The zero-order chi connectivity index (χ0) is 16.6. The lowest BCUT2D eigenvalue weighted by Crippen LogP contribution is -2.16. The molecule has 0 fully saturated rings. The largest absolute Gasteiger partial charge is 0.314 e. The molecule has 118 valence electrons. The van der Waals surface area contributed by atoms with Crippen molar-refractivity contribution in [1.29, 1.82) is 0 Å². The Bertz CT molecular complexity index is 978. The number of fused-ring (bicyclic) bond motifs is 1. The molecule has 0 aliphatic carbocycles. The number of aromatic nitrogens is 1. The number of hydrogen-bond acceptors (Lipinski definition) is 2. The number of halogens is 3. The van der Waals surface area contributed by atoms with Crippen LogP contribution in [0.25, 0.3) is 10.2 Å². The van der Waals surface area contributed by atoms with Gasteiger partial charge in [-0.3, -0.25) is 4.79 Å². The summed E-state index contributed by atoms with van der Waals surface area (Å²) in [6.45, 7) is 2.37. The average Bonchev–Trinajstić information content (AvgIpc) is 2.88. The monoisotopic (exact) mass is 368 g/mol. The van der Waals surface area contributed by atoms with E-state index in [1.807, 2.05) is 6.92 Å². The summed E-state index contributed by atoms with van der Waals surface area (Å²) in [6.07, 6.45) is 0. The number of amides is 1. The van der Waals surface area contributed by atoms with Crippen molar-refractivity contribution >= 4 is 50.7 Å². The van der Waals surface area contributed by atoms with E-state index in [2.05, 4.69) is 4.99 Å². The van der Waals surface area contributed by atoms with E-state index in [-0.39, 0.29) is 16.4 Å². The highest BCUT2D eigenvalue weighted by Crippen LogP contribution is 2.23. The van der Waals surface area contributed by atoms with E-state index in [4.69, 9.17) is 23.2 Å². The first-order valence-corrected chi connectivity index (χ1v) is 8.40. The summed E-state index contributed by atoms with van der Waals surface area (Å²) in [5.41, 5.74) is 0.670. The highest BCUT2D eigenvalue weighted by atomic mass is 35.5. The molecule has 0 radical (unpaired) electrons. The van der Waals surface area contributed by atoms with Crippen molar-refractivity contribution in [2.24, 2.45) is 4.99 Å². The van der Waals surface area contributed by atoms with Crippen LogP contribution in [0, 0.1) is 5.82 Å². The molecule has 1 amide bonds. The molecule has 2 aromatic carbocycles. The Hall–Kier alpha value is -1.69. The third kappa shape index (κ3) is 3.04. The Kier molecular flexibility index (Phi) is 4.53. The first-order chi connectivity index (χ1) is 11.0. The van der Waals surface area contributed by atoms with E-state index in [1.54, 1.807) is 28.8 Å². The molecule has 0 saturated carbocycles. The van der Waals surface area contributed by atoms with Crippen LogP contribution in [0.4, 0.5) is 4.39 Å². The summed E-state index contributed by atoms with van der Waals surface area (Å²) in [7, 11) is 0. The number of rotatable bonds is 2. The minimum atomic E-state index is -0.508. The molecule has 0 bridgehead atoms. The highest BCUT2D eigenvalue weighted by Gasteiger charge is 2.13. The molecule has 0 N–H and O–H groups in total. The van der Waals surface area contributed by atoms with E-state index in [9.17, 15) is 9.18 Å². The fraction of sp³-hybridized carbons (Fsp3) is 0.125. The van der Waals surface area contributed by atoms with Gasteiger partial charge in [0.2, 0.25) is 0 Å². The van der Waals surface area contributed by atoms with Crippen molar-refractivity contribution < 1.29 is 9.18 Å². The maximum absolute atomic E-state index is 14.0. The molecule has 3 nitrogen and oxygen atoms in total. The molecule has 7 heteroatoms. The van der Waals surface area contributed by atoms with Crippen LogP contribution in [0.3, 0.4) is 0 Å². The lowest BCUT2D eigenvalue weighted by atomic mass is 10.2. The van der Waals surface area contributed by atoms with Crippen LogP contribution in [0.1, 0.15) is 17.3 Å². The molecular weight excluding hydrogens is 358 g/mol. The lowest BCUT2D eigenvalue weighted by molar-refractivity contribution is 0.0998. The number of aryl methyl sites for hydroxylation is 1. The predicted octanol–water partition coefficient (Wildman–Crippen LogP) is 4.91. The van der Waals surface area contributed by atoms with Crippen molar-refractivity contribution in [1.82, 2.24) is 4.57 Å². The third-order valence-corrected chi connectivity index (χ3v) is 4.93. The summed E-state index contributed by atoms with van der Waals surface area (Å²) >= 11 is 13.2. The molecule has 1 heterocycles. The van der Waals surface area contributed by atoms with Gasteiger partial charge in [-0.2, -0.15) is 4.99 Å². The maximum Gasteiger partial charge on any atom is 0.281 e. The quantitative estimate of drug-likeness (QED) is 0.632. The second-order valence-corrected chi connectivity index (χ2v) is 6.61. The number of para-hydroxylation sites is 1. The van der Waals surface area contributed by atoms with E-state index in [0.29, 0.717) is 21.9 Å². The molecule has 0 aliphatic rings. The highest BCUT2D eigenvalue weighted by molar-refractivity contribution is 7.16. The van der Waals surface area contributed by atoms with Crippen molar-refractivity contribution in [2.75, 3.05) is 0 Å². The smallest absolute Gasteiger partial charge is 0.281 e. The van der Waals surface area contributed by atoms with Crippen LogP contribution < -0.4 is 4.80 Å². The molecule has 1 aromatic heterocycles. The normalized spacial score (nSPS) is 12.1. The zero-order valence-corrected chi connectivity index (χ0v) is 14.3. The second-order valence-electron chi connectivity index (χ2n) is 4.76. The Morgan fingerprint density at radius 1 is 1.30 bits per heavy atom. The minimum absolute atomic E-state index is 0.222. The Labute approximate surface area is 145 Å². The van der Waals surface area contributed by atoms with E-state index < -0.39 is 5.91 Å². The van der Waals surface area contributed by atoms with E-state index in [0.717, 1.165) is 4.70 Å². The summed E-state index contributed by atoms with van der Waals surface area (Å²) in [5, 5.41) is 0.678. The molecule has 3 rings (SSSR count). The van der Waals surface area contributed by atoms with Gasteiger partial charge in [0, 0.05) is 11.6 Å². The van der Waals surface area contributed by atoms with Crippen molar-refractivity contribution in [3.05, 3.63) is 62.6 Å². The van der Waals surface area contributed by atoms with Gasteiger partial charge in [-0.25, -0.2) is 4.39 Å². The summed E-state index contributed by atoms with van der Waals surface area (Å²) < 4.78 is 16.4. The first-order valence-electron chi connectivity index (χ1n) is 6.83. The van der Waals surface area contributed by atoms with Crippen molar-refractivity contribution in [3.63, 3.8) is 0 Å². The van der Waals surface area contributed by atoms with Crippen molar-refractivity contribution in [3.8, 4) is 0 Å². The number of nitrogens with zero attached hydrogens (tertiary/aromatic N) is 2. The number of benzene rings is 2. The Morgan fingerprint density at radius 2 is 2.09 bits per heavy atom. The predicted molar refractivity (Wildman–Crippen MR) is 91.8 cm³/mol. The van der Waals surface area contributed by atoms with E-state index in [1.165, 1.54) is 23.5 Å². The Balaban J connectivity index is 2.19. The molecule has 0 unspecified atom stereocenters. The molecule has 0 spiro atoms. The van der Waals surface area contributed by atoms with Gasteiger partial charge in [0.1, 0.15) is 5.82 Å².